The van der Waals surface area contributed by atoms with E-state index in [9.17, 15) is 0 Å². The van der Waals surface area contributed by atoms with E-state index < -0.39 is 0 Å². The molecule has 1 aliphatic carbocycles. The van der Waals surface area contributed by atoms with E-state index >= 15 is 0 Å². The molecule has 1 nitrogen and oxygen atoms in total. The molecular formula is C53H39NS2. The van der Waals surface area contributed by atoms with E-state index in [1.54, 1.807) is 0 Å². The molecule has 0 fully saturated rings. The number of thiophene rings is 1. The lowest BCUT2D eigenvalue weighted by Gasteiger charge is -2.36. The molecule has 2 aliphatic rings. The largest absolute Gasteiger partial charge is 0.310 e. The lowest BCUT2D eigenvalue weighted by atomic mass is 9.73. The van der Waals surface area contributed by atoms with Gasteiger partial charge in [-0.2, -0.15) is 0 Å². The third kappa shape index (κ3) is 4.87. The van der Waals surface area contributed by atoms with Crippen molar-refractivity contribution in [3.8, 4) is 22.3 Å². The molecule has 8 aromatic carbocycles. The standard InChI is InChI=1S/C53H39NS2/c1-52(2)45-22-10-13-26-49(45)56-51-37(18-14-23-46(51)52)34-27-29-35(30-28-34)54(36-31-32-41-40-17-6-12-25-48(40)55-50(41)33-36)47-24-11-9-21-44(47)53(3)42-19-7-4-15-38(42)39-16-5-8-20-43(39)53/h4-33H,1-3H3. The zero-order chi connectivity index (χ0) is 37.6. The van der Waals surface area contributed by atoms with Crippen molar-refractivity contribution in [1.82, 2.24) is 0 Å². The Morgan fingerprint density at radius 1 is 0.429 bits per heavy atom. The summed E-state index contributed by atoms with van der Waals surface area (Å²) in [5, 5.41) is 2.62. The van der Waals surface area contributed by atoms with Crippen molar-refractivity contribution >= 4 is 60.3 Å². The molecule has 0 unspecified atom stereocenters. The van der Waals surface area contributed by atoms with Gasteiger partial charge in [-0.25, -0.2) is 0 Å². The van der Waals surface area contributed by atoms with E-state index in [0.717, 1.165) is 11.4 Å². The highest BCUT2D eigenvalue weighted by Crippen LogP contribution is 2.56. The summed E-state index contributed by atoms with van der Waals surface area (Å²) in [6.07, 6.45) is 0. The Hall–Kier alpha value is -5.87. The fourth-order valence-corrected chi connectivity index (χ4v) is 12.3. The number of nitrogens with zero attached hydrogens (tertiary/aromatic N) is 1. The van der Waals surface area contributed by atoms with Crippen molar-refractivity contribution in [2.24, 2.45) is 0 Å². The number of anilines is 3. The molecule has 0 spiro atoms. The summed E-state index contributed by atoms with van der Waals surface area (Å²) in [5.41, 5.74) is 14.9. The molecule has 268 valence electrons. The van der Waals surface area contributed by atoms with Crippen LogP contribution in [0, 0.1) is 0 Å². The summed E-state index contributed by atoms with van der Waals surface area (Å²) in [6, 6.07) is 67.9. The number of fused-ring (bicyclic) bond motifs is 8. The van der Waals surface area contributed by atoms with Crippen molar-refractivity contribution in [2.75, 3.05) is 4.90 Å². The summed E-state index contributed by atoms with van der Waals surface area (Å²) >= 11 is 3.78. The van der Waals surface area contributed by atoms with Crippen molar-refractivity contribution in [3.63, 3.8) is 0 Å². The summed E-state index contributed by atoms with van der Waals surface area (Å²) in [5.74, 6) is 0. The topological polar surface area (TPSA) is 3.24 Å². The molecule has 3 heteroatoms. The average molecular weight is 754 g/mol. The first-order chi connectivity index (χ1) is 27.4. The summed E-state index contributed by atoms with van der Waals surface area (Å²) in [7, 11) is 0. The molecule has 2 heterocycles. The second-order valence-corrected chi connectivity index (χ2v) is 17.9. The van der Waals surface area contributed by atoms with Crippen LogP contribution in [0.5, 0.6) is 0 Å². The lowest BCUT2D eigenvalue weighted by Crippen LogP contribution is -2.25. The maximum Gasteiger partial charge on any atom is 0.0506 e. The van der Waals surface area contributed by atoms with Crippen LogP contribution in [0.25, 0.3) is 42.4 Å². The second kappa shape index (κ2) is 12.6. The van der Waals surface area contributed by atoms with E-state index in [0.29, 0.717) is 0 Å². The van der Waals surface area contributed by atoms with Crippen LogP contribution >= 0.6 is 23.1 Å². The number of rotatable bonds is 5. The molecule has 0 N–H and O–H groups in total. The normalized spacial score (nSPS) is 14.6. The zero-order valence-electron chi connectivity index (χ0n) is 31.6. The van der Waals surface area contributed by atoms with Gasteiger partial charge in [-0.15, -0.1) is 11.3 Å². The quantitative estimate of drug-likeness (QED) is 0.172. The van der Waals surface area contributed by atoms with Crippen LogP contribution in [0.1, 0.15) is 48.6 Å². The van der Waals surface area contributed by atoms with Gasteiger partial charge >= 0.3 is 0 Å². The van der Waals surface area contributed by atoms with Gasteiger partial charge in [-0.3, -0.25) is 0 Å². The van der Waals surface area contributed by atoms with E-state index in [2.05, 4.69) is 208 Å². The molecule has 0 saturated carbocycles. The molecular weight excluding hydrogens is 715 g/mol. The minimum absolute atomic E-state index is 0.0769. The monoisotopic (exact) mass is 753 g/mol. The number of benzene rings is 8. The molecule has 9 aromatic rings. The molecule has 0 radical (unpaired) electrons. The maximum absolute atomic E-state index is 2.49. The first-order valence-electron chi connectivity index (χ1n) is 19.4. The smallest absolute Gasteiger partial charge is 0.0506 e. The minimum atomic E-state index is -0.354. The molecule has 1 aliphatic heterocycles. The van der Waals surface area contributed by atoms with Crippen molar-refractivity contribution < 1.29 is 0 Å². The first-order valence-corrected chi connectivity index (χ1v) is 21.1. The fourth-order valence-electron chi connectivity index (χ4n) is 9.60. The van der Waals surface area contributed by atoms with E-state index in [-0.39, 0.29) is 10.8 Å². The van der Waals surface area contributed by atoms with Gasteiger partial charge < -0.3 is 4.90 Å². The van der Waals surface area contributed by atoms with Crippen LogP contribution in [0.15, 0.2) is 192 Å². The Morgan fingerprint density at radius 2 is 1.00 bits per heavy atom. The van der Waals surface area contributed by atoms with Gasteiger partial charge in [0.05, 0.1) is 5.69 Å². The second-order valence-electron chi connectivity index (χ2n) is 15.8. The SMILES string of the molecule is CC1(C)c2ccccc2Sc2c(-c3ccc(N(c4ccc5c(c4)sc4ccccc45)c4ccccc4C4(C)c5ccccc5-c5ccccc54)cc3)cccc21. The molecule has 56 heavy (non-hydrogen) atoms. The minimum Gasteiger partial charge on any atom is -0.310 e. The third-order valence-corrected chi connectivity index (χ3v) is 14.8. The van der Waals surface area contributed by atoms with Crippen LogP contribution in [0.2, 0.25) is 0 Å². The van der Waals surface area contributed by atoms with Gasteiger partial charge in [0, 0.05) is 52.2 Å². The number of hydrogen-bond donors (Lipinski definition) is 0. The van der Waals surface area contributed by atoms with Crippen molar-refractivity contribution in [3.05, 3.63) is 210 Å². The van der Waals surface area contributed by atoms with Gasteiger partial charge in [0.2, 0.25) is 0 Å². The Labute approximate surface area is 336 Å². The summed E-state index contributed by atoms with van der Waals surface area (Å²) in [6.45, 7) is 7.14. The molecule has 0 bridgehead atoms. The van der Waals surface area contributed by atoms with Crippen molar-refractivity contribution in [1.29, 1.82) is 0 Å². The predicted octanol–water partition coefficient (Wildman–Crippen LogP) is 15.3. The Balaban J connectivity index is 1.10. The van der Waals surface area contributed by atoms with Crippen LogP contribution in [-0.4, -0.2) is 0 Å². The van der Waals surface area contributed by atoms with E-state index in [1.165, 1.54) is 85.7 Å². The molecule has 0 atom stereocenters. The Morgan fingerprint density at radius 3 is 1.77 bits per heavy atom. The first kappa shape index (κ1) is 33.5. The molecule has 0 amide bonds. The van der Waals surface area contributed by atoms with Gasteiger partial charge in [0.25, 0.3) is 0 Å². The van der Waals surface area contributed by atoms with Gasteiger partial charge in [-0.1, -0.05) is 165 Å². The highest BCUT2D eigenvalue weighted by Gasteiger charge is 2.42. The van der Waals surface area contributed by atoms with Crippen LogP contribution < -0.4 is 4.90 Å². The highest BCUT2D eigenvalue weighted by molar-refractivity contribution is 7.99. The lowest BCUT2D eigenvalue weighted by molar-refractivity contribution is 0.608. The predicted molar refractivity (Wildman–Crippen MR) is 240 cm³/mol. The van der Waals surface area contributed by atoms with Crippen LogP contribution in [0.4, 0.5) is 17.1 Å². The summed E-state index contributed by atoms with van der Waals surface area (Å²) in [4.78, 5) is 5.19. The molecule has 1 aromatic heterocycles. The third-order valence-electron chi connectivity index (χ3n) is 12.4. The number of para-hydroxylation sites is 1. The maximum atomic E-state index is 2.49. The molecule has 0 saturated heterocycles. The highest BCUT2D eigenvalue weighted by atomic mass is 32.2. The summed E-state index contributed by atoms with van der Waals surface area (Å²) < 4.78 is 2.61. The van der Waals surface area contributed by atoms with Gasteiger partial charge in [0.15, 0.2) is 0 Å². The fraction of sp³-hybridized carbons (Fsp3) is 0.0943. The van der Waals surface area contributed by atoms with Crippen molar-refractivity contribution in [2.45, 2.75) is 41.4 Å². The van der Waals surface area contributed by atoms with Crippen LogP contribution in [-0.2, 0) is 10.8 Å². The van der Waals surface area contributed by atoms with Crippen LogP contribution in [0.3, 0.4) is 0 Å². The zero-order valence-corrected chi connectivity index (χ0v) is 33.2. The van der Waals surface area contributed by atoms with E-state index in [1.807, 2.05) is 23.1 Å². The van der Waals surface area contributed by atoms with Gasteiger partial charge in [-0.05, 0) is 99.5 Å². The average Bonchev–Trinajstić information content (AvgIpc) is 3.74. The number of hydrogen-bond acceptors (Lipinski definition) is 3. The van der Waals surface area contributed by atoms with E-state index in [4.69, 9.17) is 0 Å². The Kier molecular flexibility index (Phi) is 7.52. The van der Waals surface area contributed by atoms with Gasteiger partial charge in [0.1, 0.15) is 0 Å². The Bertz CT molecular complexity index is 2960. The molecule has 11 rings (SSSR count).